The minimum atomic E-state index is -0.149. The van der Waals surface area contributed by atoms with E-state index in [9.17, 15) is 4.79 Å². The third-order valence-electron chi connectivity index (χ3n) is 3.45. The lowest BCUT2D eigenvalue weighted by Gasteiger charge is -2.44. The Morgan fingerprint density at radius 1 is 1.47 bits per heavy atom. The summed E-state index contributed by atoms with van der Waals surface area (Å²) in [4.78, 5) is 13.3. The second-order valence-electron chi connectivity index (χ2n) is 7.02. The van der Waals surface area contributed by atoms with Gasteiger partial charge in [-0.25, -0.2) is 0 Å². The van der Waals surface area contributed by atoms with Gasteiger partial charge in [0.2, 0.25) is 5.91 Å². The van der Waals surface area contributed by atoms with Crippen LogP contribution >= 0.6 is 0 Å². The van der Waals surface area contributed by atoms with Gasteiger partial charge in [0.25, 0.3) is 0 Å². The first-order valence-corrected chi connectivity index (χ1v) is 6.77. The van der Waals surface area contributed by atoms with Gasteiger partial charge in [-0.05, 0) is 30.9 Å². The summed E-state index contributed by atoms with van der Waals surface area (Å²) in [6, 6.07) is 0. The van der Waals surface area contributed by atoms with Crippen LogP contribution in [0.3, 0.4) is 0 Å². The molecule has 1 heterocycles. The van der Waals surface area contributed by atoms with Crippen LogP contribution in [0.15, 0.2) is 0 Å². The Bertz CT molecular complexity index is 468. The monoisotopic (exact) mass is 265 g/mol. The van der Waals surface area contributed by atoms with Crippen LogP contribution in [0.1, 0.15) is 53.3 Å². The number of aromatic nitrogens is 4. The van der Waals surface area contributed by atoms with Gasteiger partial charge in [-0.3, -0.25) is 4.79 Å². The third kappa shape index (κ3) is 3.30. The van der Waals surface area contributed by atoms with Gasteiger partial charge >= 0.3 is 0 Å². The van der Waals surface area contributed by atoms with Gasteiger partial charge in [0.1, 0.15) is 6.54 Å². The van der Waals surface area contributed by atoms with Crippen molar-refractivity contribution in [1.29, 1.82) is 0 Å². The molecule has 1 saturated carbocycles. The molecule has 1 fully saturated rings. The van der Waals surface area contributed by atoms with Gasteiger partial charge in [-0.15, -0.1) is 10.2 Å². The van der Waals surface area contributed by atoms with Crippen LogP contribution in [0.5, 0.6) is 0 Å². The summed E-state index contributed by atoms with van der Waals surface area (Å²) in [5, 5.41) is 15.2. The number of tetrazole rings is 1. The fraction of sp³-hybridized carbons (Fsp3) is 0.846. The number of hydrogen-bond donors (Lipinski definition) is 1. The molecule has 19 heavy (non-hydrogen) atoms. The summed E-state index contributed by atoms with van der Waals surface area (Å²) >= 11 is 0. The van der Waals surface area contributed by atoms with Crippen molar-refractivity contribution < 1.29 is 4.79 Å². The van der Waals surface area contributed by atoms with E-state index in [2.05, 4.69) is 34.6 Å². The number of carbonyl (C=O) groups is 1. The lowest BCUT2D eigenvalue weighted by atomic mass is 9.70. The van der Waals surface area contributed by atoms with Crippen molar-refractivity contribution in [2.24, 2.45) is 5.92 Å². The van der Waals surface area contributed by atoms with Gasteiger partial charge in [-0.1, -0.05) is 27.7 Å². The van der Waals surface area contributed by atoms with E-state index < -0.39 is 0 Å². The number of nitrogens with one attached hydrogen (secondary N) is 1. The summed E-state index contributed by atoms with van der Waals surface area (Å²) in [5.74, 6) is 1.30. The molecule has 106 valence electrons. The fourth-order valence-electron chi connectivity index (χ4n) is 2.70. The Kier molecular flexibility index (Phi) is 3.36. The van der Waals surface area contributed by atoms with E-state index in [1.807, 2.05) is 20.8 Å². The van der Waals surface area contributed by atoms with Crippen molar-refractivity contribution in [3.63, 3.8) is 0 Å². The molecule has 6 heteroatoms. The normalized spacial score (nSPS) is 26.9. The molecule has 1 aromatic rings. The van der Waals surface area contributed by atoms with Gasteiger partial charge in [0.15, 0.2) is 5.82 Å². The van der Waals surface area contributed by atoms with Crippen LogP contribution in [0, 0.1) is 5.92 Å². The summed E-state index contributed by atoms with van der Waals surface area (Å²) in [6.07, 6.45) is 2.08. The number of rotatable bonds is 3. The van der Waals surface area contributed by atoms with Crippen LogP contribution in [0.4, 0.5) is 0 Å². The Balaban J connectivity index is 1.91. The van der Waals surface area contributed by atoms with Crippen LogP contribution in [-0.4, -0.2) is 31.7 Å². The molecule has 1 amide bonds. The molecule has 0 unspecified atom stereocenters. The van der Waals surface area contributed by atoms with E-state index in [4.69, 9.17) is 0 Å². The number of nitrogens with zero attached hydrogens (tertiary/aromatic N) is 4. The number of amides is 1. The Morgan fingerprint density at radius 2 is 2.11 bits per heavy atom. The zero-order valence-electron chi connectivity index (χ0n) is 12.4. The quantitative estimate of drug-likeness (QED) is 0.893. The van der Waals surface area contributed by atoms with E-state index in [1.54, 1.807) is 0 Å². The van der Waals surface area contributed by atoms with E-state index in [0.29, 0.717) is 11.7 Å². The molecule has 0 aromatic carbocycles. The SMILES string of the molecule is CC1CC(C)(NC(=O)Cn2nnc(C(C)(C)C)n2)C1. The highest BCUT2D eigenvalue weighted by Crippen LogP contribution is 2.36. The molecule has 6 nitrogen and oxygen atoms in total. The lowest BCUT2D eigenvalue weighted by molar-refractivity contribution is -0.125. The second kappa shape index (κ2) is 4.58. The number of carbonyl (C=O) groups excluding carboxylic acids is 1. The first-order valence-electron chi connectivity index (χ1n) is 6.77. The molecule has 1 aliphatic carbocycles. The minimum Gasteiger partial charge on any atom is -0.349 e. The molecule has 1 aromatic heterocycles. The standard InChI is InChI=1S/C13H23N5O/c1-9-6-13(5,7-9)14-10(19)8-18-16-11(15-17-18)12(2,3)4/h9H,6-8H2,1-5H3,(H,14,19). The highest BCUT2D eigenvalue weighted by atomic mass is 16.2. The predicted octanol–water partition coefficient (Wildman–Crippen LogP) is 1.28. The van der Waals surface area contributed by atoms with Gasteiger partial charge in [0, 0.05) is 11.0 Å². The maximum atomic E-state index is 11.9. The smallest absolute Gasteiger partial charge is 0.244 e. The van der Waals surface area contributed by atoms with Crippen molar-refractivity contribution in [2.75, 3.05) is 0 Å². The van der Waals surface area contributed by atoms with Crippen LogP contribution < -0.4 is 5.32 Å². The topological polar surface area (TPSA) is 72.7 Å². The summed E-state index contributed by atoms with van der Waals surface area (Å²) in [6.45, 7) is 10.5. The van der Waals surface area contributed by atoms with E-state index >= 15 is 0 Å². The van der Waals surface area contributed by atoms with Gasteiger partial charge in [-0.2, -0.15) is 4.80 Å². The van der Waals surface area contributed by atoms with E-state index in [1.165, 1.54) is 4.80 Å². The highest BCUT2D eigenvalue weighted by molar-refractivity contribution is 5.76. The van der Waals surface area contributed by atoms with Crippen LogP contribution in [-0.2, 0) is 16.8 Å². The van der Waals surface area contributed by atoms with Crippen molar-refractivity contribution in [3.05, 3.63) is 5.82 Å². The molecule has 0 atom stereocenters. The largest absolute Gasteiger partial charge is 0.349 e. The fourth-order valence-corrected chi connectivity index (χ4v) is 2.70. The Morgan fingerprint density at radius 3 is 2.58 bits per heavy atom. The van der Waals surface area contributed by atoms with Gasteiger partial charge < -0.3 is 5.32 Å². The lowest BCUT2D eigenvalue weighted by Crippen LogP contribution is -2.55. The molecule has 0 radical (unpaired) electrons. The third-order valence-corrected chi connectivity index (χ3v) is 3.45. The molecule has 0 bridgehead atoms. The van der Waals surface area contributed by atoms with Crippen molar-refractivity contribution >= 4 is 5.91 Å². The number of hydrogen-bond acceptors (Lipinski definition) is 4. The summed E-state index contributed by atoms with van der Waals surface area (Å²) in [7, 11) is 0. The average molecular weight is 265 g/mol. The van der Waals surface area contributed by atoms with Crippen molar-refractivity contribution in [1.82, 2.24) is 25.5 Å². The first kappa shape index (κ1) is 14.0. The van der Waals surface area contributed by atoms with Gasteiger partial charge in [0.05, 0.1) is 0 Å². The molecular weight excluding hydrogens is 242 g/mol. The van der Waals surface area contributed by atoms with Crippen molar-refractivity contribution in [3.8, 4) is 0 Å². The summed E-state index contributed by atoms with van der Waals surface area (Å²) < 4.78 is 0. The zero-order valence-corrected chi connectivity index (χ0v) is 12.4. The second-order valence-corrected chi connectivity index (χ2v) is 7.02. The Hall–Kier alpha value is -1.46. The molecule has 2 rings (SSSR count). The van der Waals surface area contributed by atoms with Crippen molar-refractivity contribution in [2.45, 2.75) is 65.0 Å². The zero-order chi connectivity index (χ0) is 14.3. The maximum absolute atomic E-state index is 11.9. The molecular formula is C13H23N5O. The summed E-state index contributed by atoms with van der Waals surface area (Å²) in [5.41, 5.74) is -0.200. The molecule has 0 spiro atoms. The Labute approximate surface area is 113 Å². The molecule has 1 aliphatic rings. The first-order chi connectivity index (χ1) is 8.68. The van der Waals surface area contributed by atoms with Crippen LogP contribution in [0.2, 0.25) is 0 Å². The molecule has 0 aliphatic heterocycles. The van der Waals surface area contributed by atoms with Crippen LogP contribution in [0.25, 0.3) is 0 Å². The predicted molar refractivity (Wildman–Crippen MR) is 71.5 cm³/mol. The minimum absolute atomic E-state index is 0.0488. The van der Waals surface area contributed by atoms with E-state index in [-0.39, 0.29) is 23.4 Å². The highest BCUT2D eigenvalue weighted by Gasteiger charge is 2.38. The average Bonchev–Trinajstić information content (AvgIpc) is 2.62. The molecule has 0 saturated heterocycles. The van der Waals surface area contributed by atoms with E-state index in [0.717, 1.165) is 12.8 Å². The maximum Gasteiger partial charge on any atom is 0.244 e. The molecule has 1 N–H and O–H groups in total.